The first-order chi connectivity index (χ1) is 14.3. The molecule has 7 nitrogen and oxygen atoms in total. The standard InChI is InChI=1S/C23H23NO6/c1-4-29-11-12-30-23(28)16-7-9-18(10-8-16)24-21(26)19(20(25)22(24)27)17-6-5-14(2)15(3)13-17/h5-10,13,25H,4,11-12H2,1-3H3. The van der Waals surface area contributed by atoms with E-state index in [1.807, 2.05) is 26.8 Å². The fourth-order valence-corrected chi connectivity index (χ4v) is 3.08. The molecule has 0 unspecified atom stereocenters. The van der Waals surface area contributed by atoms with Crippen LogP contribution in [0, 0.1) is 13.8 Å². The number of carbonyl (C=O) groups is 3. The lowest BCUT2D eigenvalue weighted by molar-refractivity contribution is -0.121. The van der Waals surface area contributed by atoms with Crippen LogP contribution in [0.5, 0.6) is 0 Å². The number of hydrogen-bond acceptors (Lipinski definition) is 6. The zero-order valence-electron chi connectivity index (χ0n) is 17.1. The number of nitrogens with zero attached hydrogens (tertiary/aromatic N) is 1. The van der Waals surface area contributed by atoms with Gasteiger partial charge in [-0.15, -0.1) is 0 Å². The van der Waals surface area contributed by atoms with Crippen LogP contribution in [-0.4, -0.2) is 42.7 Å². The highest BCUT2D eigenvalue weighted by molar-refractivity contribution is 6.44. The summed E-state index contributed by atoms with van der Waals surface area (Å²) < 4.78 is 10.2. The van der Waals surface area contributed by atoms with Crippen molar-refractivity contribution in [2.75, 3.05) is 24.7 Å². The number of imide groups is 1. The van der Waals surface area contributed by atoms with Crippen LogP contribution in [0.25, 0.3) is 5.57 Å². The van der Waals surface area contributed by atoms with Crippen molar-refractivity contribution in [1.29, 1.82) is 0 Å². The highest BCUT2D eigenvalue weighted by Crippen LogP contribution is 2.32. The van der Waals surface area contributed by atoms with Crippen molar-refractivity contribution in [2.24, 2.45) is 0 Å². The molecule has 0 bridgehead atoms. The molecule has 1 N–H and O–H groups in total. The fourth-order valence-electron chi connectivity index (χ4n) is 3.08. The van der Waals surface area contributed by atoms with E-state index in [-0.39, 0.29) is 23.4 Å². The second-order valence-electron chi connectivity index (χ2n) is 6.85. The summed E-state index contributed by atoms with van der Waals surface area (Å²) in [6.45, 7) is 6.65. The molecule has 0 fully saturated rings. The van der Waals surface area contributed by atoms with Gasteiger partial charge >= 0.3 is 11.9 Å². The molecular weight excluding hydrogens is 386 g/mol. The molecule has 0 saturated heterocycles. The quantitative estimate of drug-likeness (QED) is 0.428. The number of ether oxygens (including phenoxy) is 2. The molecule has 3 rings (SSSR count). The van der Waals surface area contributed by atoms with Gasteiger partial charge in [-0.05, 0) is 61.7 Å². The van der Waals surface area contributed by atoms with Gasteiger partial charge in [0.25, 0.3) is 5.91 Å². The van der Waals surface area contributed by atoms with Gasteiger partial charge in [0, 0.05) is 6.61 Å². The molecule has 2 aromatic carbocycles. The summed E-state index contributed by atoms with van der Waals surface area (Å²) in [6, 6.07) is 11.1. The highest BCUT2D eigenvalue weighted by atomic mass is 16.6. The smallest absolute Gasteiger partial charge is 0.338 e. The van der Waals surface area contributed by atoms with E-state index in [0.29, 0.717) is 18.8 Å². The van der Waals surface area contributed by atoms with Gasteiger partial charge in [0.05, 0.1) is 23.4 Å². The van der Waals surface area contributed by atoms with Crippen LogP contribution in [0.2, 0.25) is 0 Å². The minimum atomic E-state index is -0.805. The Labute approximate surface area is 174 Å². The zero-order chi connectivity index (χ0) is 21.8. The molecule has 156 valence electrons. The number of hydrogen-bond donors (Lipinski definition) is 1. The van der Waals surface area contributed by atoms with E-state index in [9.17, 15) is 19.5 Å². The molecule has 1 aliphatic heterocycles. The molecule has 0 atom stereocenters. The highest BCUT2D eigenvalue weighted by Gasteiger charge is 2.40. The third kappa shape index (κ3) is 4.11. The average molecular weight is 409 g/mol. The minimum Gasteiger partial charge on any atom is -0.502 e. The van der Waals surface area contributed by atoms with Gasteiger partial charge in [-0.3, -0.25) is 9.59 Å². The van der Waals surface area contributed by atoms with Crippen molar-refractivity contribution in [1.82, 2.24) is 0 Å². The molecule has 7 heteroatoms. The Kier molecular flexibility index (Phi) is 6.32. The van der Waals surface area contributed by atoms with Crippen molar-refractivity contribution < 1.29 is 29.0 Å². The van der Waals surface area contributed by atoms with Crippen LogP contribution < -0.4 is 4.90 Å². The van der Waals surface area contributed by atoms with E-state index in [1.165, 1.54) is 24.3 Å². The Morgan fingerprint density at radius 2 is 1.67 bits per heavy atom. The summed E-state index contributed by atoms with van der Waals surface area (Å²) in [5.74, 6) is -2.55. The summed E-state index contributed by atoms with van der Waals surface area (Å²) in [6.07, 6.45) is 0. The van der Waals surface area contributed by atoms with E-state index < -0.39 is 23.5 Å². The molecule has 2 aromatic rings. The van der Waals surface area contributed by atoms with Crippen LogP contribution in [0.3, 0.4) is 0 Å². The first-order valence-corrected chi connectivity index (χ1v) is 9.59. The van der Waals surface area contributed by atoms with Gasteiger partial charge < -0.3 is 14.6 Å². The predicted octanol–water partition coefficient (Wildman–Crippen LogP) is 3.34. The number of aliphatic hydroxyl groups excluding tert-OH is 1. The Hall–Kier alpha value is -3.45. The van der Waals surface area contributed by atoms with Crippen molar-refractivity contribution in [3.63, 3.8) is 0 Å². The molecular formula is C23H23NO6. The third-order valence-corrected chi connectivity index (χ3v) is 4.88. The lowest BCUT2D eigenvalue weighted by Gasteiger charge is -2.15. The Morgan fingerprint density at radius 1 is 0.967 bits per heavy atom. The Morgan fingerprint density at radius 3 is 2.30 bits per heavy atom. The fraction of sp³-hybridized carbons (Fsp3) is 0.261. The lowest BCUT2D eigenvalue weighted by Crippen LogP contribution is -2.31. The molecule has 30 heavy (non-hydrogen) atoms. The van der Waals surface area contributed by atoms with Gasteiger partial charge in [0.1, 0.15) is 6.61 Å². The second-order valence-corrected chi connectivity index (χ2v) is 6.85. The maximum absolute atomic E-state index is 12.9. The Bertz CT molecular complexity index is 1020. The molecule has 1 heterocycles. The van der Waals surface area contributed by atoms with Gasteiger partial charge in [-0.25, -0.2) is 9.69 Å². The SMILES string of the molecule is CCOCCOC(=O)c1ccc(N2C(=O)C(O)=C(c3ccc(C)c(C)c3)C2=O)cc1. The number of carbonyl (C=O) groups excluding carboxylic acids is 3. The monoisotopic (exact) mass is 409 g/mol. The van der Waals surface area contributed by atoms with Crippen LogP contribution in [0.4, 0.5) is 5.69 Å². The van der Waals surface area contributed by atoms with Crippen LogP contribution >= 0.6 is 0 Å². The molecule has 0 radical (unpaired) electrons. The molecule has 0 aliphatic carbocycles. The maximum atomic E-state index is 12.9. The summed E-state index contributed by atoms with van der Waals surface area (Å²) in [5, 5.41) is 10.3. The van der Waals surface area contributed by atoms with Crippen LogP contribution in [0.1, 0.15) is 34.0 Å². The largest absolute Gasteiger partial charge is 0.502 e. The van der Waals surface area contributed by atoms with E-state index in [4.69, 9.17) is 9.47 Å². The number of rotatable bonds is 7. The summed E-state index contributed by atoms with van der Waals surface area (Å²) in [5.41, 5.74) is 2.95. The Balaban J connectivity index is 1.78. The average Bonchev–Trinajstić information content (AvgIpc) is 2.96. The van der Waals surface area contributed by atoms with Gasteiger partial charge in [-0.1, -0.05) is 18.2 Å². The predicted molar refractivity (Wildman–Crippen MR) is 111 cm³/mol. The summed E-state index contributed by atoms with van der Waals surface area (Å²) in [7, 11) is 0. The summed E-state index contributed by atoms with van der Waals surface area (Å²) in [4.78, 5) is 38.4. The van der Waals surface area contributed by atoms with Crippen molar-refractivity contribution in [3.8, 4) is 0 Å². The van der Waals surface area contributed by atoms with E-state index in [0.717, 1.165) is 16.0 Å². The molecule has 2 amide bonds. The number of benzene rings is 2. The molecule has 1 aliphatic rings. The maximum Gasteiger partial charge on any atom is 0.338 e. The second kappa shape index (κ2) is 8.92. The lowest BCUT2D eigenvalue weighted by atomic mass is 10.00. The first-order valence-electron chi connectivity index (χ1n) is 9.59. The summed E-state index contributed by atoms with van der Waals surface area (Å²) >= 11 is 0. The number of aliphatic hydroxyl groups is 1. The van der Waals surface area contributed by atoms with Gasteiger partial charge in [0.15, 0.2) is 5.76 Å². The van der Waals surface area contributed by atoms with Gasteiger partial charge in [0.2, 0.25) is 0 Å². The van der Waals surface area contributed by atoms with Crippen LogP contribution in [0.15, 0.2) is 48.2 Å². The third-order valence-electron chi connectivity index (χ3n) is 4.88. The molecule has 0 spiro atoms. The number of aryl methyl sites for hydroxylation is 2. The van der Waals surface area contributed by atoms with Crippen LogP contribution in [-0.2, 0) is 19.1 Å². The van der Waals surface area contributed by atoms with Gasteiger partial charge in [-0.2, -0.15) is 0 Å². The van der Waals surface area contributed by atoms with Crippen molar-refractivity contribution in [2.45, 2.75) is 20.8 Å². The zero-order valence-corrected chi connectivity index (χ0v) is 17.1. The van der Waals surface area contributed by atoms with Crippen molar-refractivity contribution in [3.05, 3.63) is 70.5 Å². The minimum absolute atomic E-state index is 0.0393. The molecule has 0 saturated carbocycles. The van der Waals surface area contributed by atoms with E-state index >= 15 is 0 Å². The normalized spacial score (nSPS) is 13.9. The van der Waals surface area contributed by atoms with Crippen molar-refractivity contribution >= 4 is 29.0 Å². The first kappa shape index (κ1) is 21.3. The van der Waals surface area contributed by atoms with E-state index in [1.54, 1.807) is 12.1 Å². The number of esters is 1. The molecule has 0 aromatic heterocycles. The topological polar surface area (TPSA) is 93.1 Å². The van der Waals surface area contributed by atoms with E-state index in [2.05, 4.69) is 0 Å². The number of amides is 2. The number of anilines is 1.